The van der Waals surface area contributed by atoms with Gasteiger partial charge >= 0.3 is 0 Å². The van der Waals surface area contributed by atoms with Crippen molar-refractivity contribution in [3.63, 3.8) is 0 Å². The molecule has 2 nitrogen and oxygen atoms in total. The summed E-state index contributed by atoms with van der Waals surface area (Å²) in [5.41, 5.74) is 4.83. The zero-order valence-electron chi connectivity index (χ0n) is 10.0. The van der Waals surface area contributed by atoms with Crippen LogP contribution in [0.1, 0.15) is 17.2 Å². The van der Waals surface area contributed by atoms with Gasteiger partial charge in [-0.2, -0.15) is 0 Å². The van der Waals surface area contributed by atoms with Crippen molar-refractivity contribution in [2.24, 2.45) is 5.84 Å². The Labute approximate surface area is 130 Å². The van der Waals surface area contributed by atoms with E-state index in [4.69, 9.17) is 17.4 Å². The van der Waals surface area contributed by atoms with Crippen molar-refractivity contribution in [2.75, 3.05) is 0 Å². The van der Waals surface area contributed by atoms with Crippen LogP contribution in [0.4, 0.5) is 4.39 Å². The summed E-state index contributed by atoms with van der Waals surface area (Å²) in [5, 5.41) is 0.696. The van der Waals surface area contributed by atoms with Crippen molar-refractivity contribution in [3.05, 3.63) is 68.0 Å². The Balaban J connectivity index is 2.25. The van der Waals surface area contributed by atoms with Gasteiger partial charge in [0.2, 0.25) is 0 Å². The SMILES string of the molecule is NNC(Cc1cccc(Cl)c1)c1ccc(F)cc1I. The van der Waals surface area contributed by atoms with Gasteiger partial charge in [0.05, 0.1) is 6.04 Å². The van der Waals surface area contributed by atoms with Gasteiger partial charge in [-0.1, -0.05) is 29.8 Å². The summed E-state index contributed by atoms with van der Waals surface area (Å²) >= 11 is 8.08. The van der Waals surface area contributed by atoms with E-state index in [0.717, 1.165) is 14.7 Å². The van der Waals surface area contributed by atoms with Gasteiger partial charge in [-0.05, 0) is 64.4 Å². The normalized spacial score (nSPS) is 12.4. The molecule has 0 fully saturated rings. The minimum absolute atomic E-state index is 0.0778. The summed E-state index contributed by atoms with van der Waals surface area (Å²) in [6.07, 6.45) is 0.693. The van der Waals surface area contributed by atoms with Crippen LogP contribution in [0, 0.1) is 9.39 Å². The molecule has 2 aromatic carbocycles. The molecule has 5 heteroatoms. The van der Waals surface area contributed by atoms with Gasteiger partial charge in [-0.3, -0.25) is 11.3 Å². The summed E-state index contributed by atoms with van der Waals surface area (Å²) in [7, 11) is 0. The molecule has 0 aliphatic carbocycles. The molecule has 0 aliphatic rings. The molecule has 19 heavy (non-hydrogen) atoms. The van der Waals surface area contributed by atoms with Crippen molar-refractivity contribution in [3.8, 4) is 0 Å². The van der Waals surface area contributed by atoms with Crippen molar-refractivity contribution < 1.29 is 4.39 Å². The predicted molar refractivity (Wildman–Crippen MR) is 84.3 cm³/mol. The monoisotopic (exact) mass is 390 g/mol. The molecule has 2 rings (SSSR count). The third-order valence-electron chi connectivity index (χ3n) is 2.87. The molecule has 0 saturated carbocycles. The Morgan fingerprint density at radius 2 is 2.05 bits per heavy atom. The molecule has 0 aromatic heterocycles. The number of hydrogen-bond acceptors (Lipinski definition) is 2. The zero-order valence-corrected chi connectivity index (χ0v) is 13.0. The second-order valence-corrected chi connectivity index (χ2v) is 5.82. The lowest BCUT2D eigenvalue weighted by atomic mass is 9.99. The third-order valence-corrected chi connectivity index (χ3v) is 4.04. The molecule has 3 N–H and O–H groups in total. The Hall–Kier alpha value is -0.690. The van der Waals surface area contributed by atoms with E-state index in [1.165, 1.54) is 12.1 Å². The summed E-state index contributed by atoms with van der Waals surface area (Å²) in [5.74, 6) is 5.37. The Morgan fingerprint density at radius 3 is 2.68 bits per heavy atom. The van der Waals surface area contributed by atoms with E-state index >= 15 is 0 Å². The number of benzene rings is 2. The zero-order chi connectivity index (χ0) is 13.8. The maximum atomic E-state index is 13.1. The highest BCUT2D eigenvalue weighted by Gasteiger charge is 2.14. The van der Waals surface area contributed by atoms with Crippen molar-refractivity contribution >= 4 is 34.2 Å². The van der Waals surface area contributed by atoms with Gasteiger partial charge < -0.3 is 0 Å². The number of halogens is 3. The van der Waals surface area contributed by atoms with E-state index < -0.39 is 0 Å². The third kappa shape index (κ3) is 3.89. The first-order valence-electron chi connectivity index (χ1n) is 5.75. The lowest BCUT2D eigenvalue weighted by Gasteiger charge is -2.18. The summed E-state index contributed by atoms with van der Waals surface area (Å²) in [6, 6.07) is 12.3. The van der Waals surface area contributed by atoms with Crippen molar-refractivity contribution in [1.29, 1.82) is 0 Å². The topological polar surface area (TPSA) is 38.0 Å². The van der Waals surface area contributed by atoms with Crippen molar-refractivity contribution in [1.82, 2.24) is 5.43 Å². The number of hydrogen-bond donors (Lipinski definition) is 2. The van der Waals surface area contributed by atoms with E-state index in [1.54, 1.807) is 6.07 Å². The molecular formula is C14H13ClFIN2. The molecule has 0 aliphatic heterocycles. The van der Waals surface area contributed by atoms with E-state index in [9.17, 15) is 4.39 Å². The minimum atomic E-state index is -0.244. The maximum absolute atomic E-state index is 13.1. The van der Waals surface area contributed by atoms with Crippen LogP contribution in [-0.4, -0.2) is 0 Å². The van der Waals surface area contributed by atoms with Gasteiger partial charge in [-0.15, -0.1) is 0 Å². The molecule has 0 amide bonds. The minimum Gasteiger partial charge on any atom is -0.271 e. The van der Waals surface area contributed by atoms with E-state index in [-0.39, 0.29) is 11.9 Å². The molecular weight excluding hydrogens is 378 g/mol. The van der Waals surface area contributed by atoms with Crippen LogP contribution in [-0.2, 0) is 6.42 Å². The maximum Gasteiger partial charge on any atom is 0.124 e. The van der Waals surface area contributed by atoms with Gasteiger partial charge in [0, 0.05) is 8.59 Å². The molecule has 0 spiro atoms. The van der Waals surface area contributed by atoms with Crippen LogP contribution in [0.3, 0.4) is 0 Å². The van der Waals surface area contributed by atoms with Gasteiger partial charge in [-0.25, -0.2) is 4.39 Å². The largest absolute Gasteiger partial charge is 0.271 e. The van der Waals surface area contributed by atoms with E-state index in [1.807, 2.05) is 24.3 Å². The van der Waals surface area contributed by atoms with Crippen molar-refractivity contribution in [2.45, 2.75) is 12.5 Å². The fraction of sp³-hybridized carbons (Fsp3) is 0.143. The lowest BCUT2D eigenvalue weighted by molar-refractivity contribution is 0.546. The first kappa shape index (κ1) is 14.7. The molecule has 2 aromatic rings. The molecule has 1 atom stereocenters. The summed E-state index contributed by atoms with van der Waals surface area (Å²) < 4.78 is 14.0. The van der Waals surface area contributed by atoms with Gasteiger partial charge in [0.15, 0.2) is 0 Å². The number of nitrogens with two attached hydrogens (primary N) is 1. The molecule has 1 unspecified atom stereocenters. The Morgan fingerprint density at radius 1 is 1.26 bits per heavy atom. The standard InChI is InChI=1S/C14H13ClFIN2/c15-10-3-1-2-9(6-10)7-14(19-18)12-5-4-11(16)8-13(12)17/h1-6,8,14,19H,7,18H2. The highest BCUT2D eigenvalue weighted by atomic mass is 127. The average molecular weight is 391 g/mol. The Kier molecular flexibility index (Phi) is 5.15. The highest BCUT2D eigenvalue weighted by molar-refractivity contribution is 14.1. The fourth-order valence-electron chi connectivity index (χ4n) is 1.94. The van der Waals surface area contributed by atoms with Crippen LogP contribution in [0.25, 0.3) is 0 Å². The second-order valence-electron chi connectivity index (χ2n) is 4.22. The summed E-state index contributed by atoms with van der Waals surface area (Å²) in [6.45, 7) is 0. The van der Waals surface area contributed by atoms with Crippen LogP contribution >= 0.6 is 34.2 Å². The first-order valence-corrected chi connectivity index (χ1v) is 7.21. The number of hydrazine groups is 1. The summed E-state index contributed by atoms with van der Waals surface area (Å²) in [4.78, 5) is 0. The molecule has 0 bridgehead atoms. The predicted octanol–water partition coefficient (Wildman–Crippen LogP) is 3.83. The van der Waals surface area contributed by atoms with Crippen LogP contribution in [0.5, 0.6) is 0 Å². The first-order chi connectivity index (χ1) is 9.10. The quantitative estimate of drug-likeness (QED) is 0.473. The molecule has 100 valence electrons. The molecule has 0 heterocycles. The van der Waals surface area contributed by atoms with Crippen LogP contribution in [0.15, 0.2) is 42.5 Å². The fourth-order valence-corrected chi connectivity index (χ4v) is 3.01. The smallest absolute Gasteiger partial charge is 0.124 e. The lowest BCUT2D eigenvalue weighted by Crippen LogP contribution is -2.30. The molecule has 0 saturated heterocycles. The van der Waals surface area contributed by atoms with Crippen LogP contribution < -0.4 is 11.3 Å². The van der Waals surface area contributed by atoms with Gasteiger partial charge in [0.25, 0.3) is 0 Å². The Bertz CT molecular complexity index is 577. The van der Waals surface area contributed by atoms with Crippen LogP contribution in [0.2, 0.25) is 5.02 Å². The highest BCUT2D eigenvalue weighted by Crippen LogP contribution is 2.24. The number of nitrogens with one attached hydrogen (secondary N) is 1. The average Bonchev–Trinajstić information content (AvgIpc) is 2.37. The van der Waals surface area contributed by atoms with E-state index in [2.05, 4.69) is 28.0 Å². The second kappa shape index (κ2) is 6.65. The van der Waals surface area contributed by atoms with E-state index in [0.29, 0.717) is 11.4 Å². The number of rotatable bonds is 4. The molecule has 0 radical (unpaired) electrons. The van der Waals surface area contributed by atoms with Gasteiger partial charge in [0.1, 0.15) is 5.82 Å².